The van der Waals surface area contributed by atoms with Gasteiger partial charge in [0.15, 0.2) is 0 Å². The zero-order chi connectivity index (χ0) is 17.8. The van der Waals surface area contributed by atoms with Crippen LogP contribution in [-0.2, 0) is 5.75 Å². The van der Waals surface area contributed by atoms with E-state index in [2.05, 4.69) is 0 Å². The number of carboxylic acid groups (broad SMARTS) is 1. The molecule has 1 heterocycles. The van der Waals surface area contributed by atoms with Gasteiger partial charge in [0.1, 0.15) is 11.3 Å². The highest BCUT2D eigenvalue weighted by molar-refractivity contribution is 8.12. The molecule has 0 radical (unpaired) electrons. The fraction of sp³-hybridized carbons (Fsp3) is 0.0556. The van der Waals surface area contributed by atoms with E-state index in [9.17, 15) is 14.4 Å². The highest BCUT2D eigenvalue weighted by Crippen LogP contribution is 2.25. The zero-order valence-corrected chi connectivity index (χ0v) is 13.6. The number of ether oxygens (including phenoxy) is 1. The van der Waals surface area contributed by atoms with Crippen molar-refractivity contribution in [1.82, 2.24) is 0 Å². The van der Waals surface area contributed by atoms with Crippen LogP contribution in [0.15, 0.2) is 63.8 Å². The summed E-state index contributed by atoms with van der Waals surface area (Å²) in [6, 6.07) is 14.1. The number of benzene rings is 2. The smallest absolute Gasteiger partial charge is 0.373 e. The minimum Gasteiger partial charge on any atom is -0.478 e. The van der Waals surface area contributed by atoms with Crippen LogP contribution in [0, 0.1) is 0 Å². The molecule has 0 atom stereocenters. The summed E-state index contributed by atoms with van der Waals surface area (Å²) in [4.78, 5) is 34.4. The summed E-state index contributed by atoms with van der Waals surface area (Å²) < 4.78 is 10.3. The number of thioether (sulfide) groups is 1. The lowest BCUT2D eigenvalue weighted by molar-refractivity contribution is 0.0697. The Kier molecular flexibility index (Phi) is 4.85. The van der Waals surface area contributed by atoms with Crippen LogP contribution in [0.2, 0.25) is 0 Å². The molecule has 0 spiro atoms. The van der Waals surface area contributed by atoms with Gasteiger partial charge >= 0.3 is 16.9 Å². The van der Waals surface area contributed by atoms with Crippen LogP contribution in [0.1, 0.15) is 15.9 Å². The summed E-state index contributed by atoms with van der Waals surface area (Å²) in [7, 11) is 0. The third-order valence-corrected chi connectivity index (χ3v) is 4.16. The monoisotopic (exact) mass is 356 g/mol. The largest absolute Gasteiger partial charge is 0.478 e. The number of carboxylic acids is 1. The molecule has 0 amide bonds. The molecule has 3 aromatic rings. The maximum absolute atomic E-state index is 12.0. The van der Waals surface area contributed by atoms with Crippen LogP contribution in [0.4, 0.5) is 4.79 Å². The highest BCUT2D eigenvalue weighted by atomic mass is 32.2. The van der Waals surface area contributed by atoms with Gasteiger partial charge in [0.25, 0.3) is 0 Å². The standard InChI is InChI=1S/C18H12O6S/c19-16-9-15(13-3-1-2-4-14(13)23-16)24-18(22)25-10-11-5-7-12(8-6-11)17(20)21/h1-9H,10H2,(H,20,21). The van der Waals surface area contributed by atoms with E-state index >= 15 is 0 Å². The van der Waals surface area contributed by atoms with Gasteiger partial charge in [0.05, 0.1) is 17.0 Å². The molecule has 3 rings (SSSR count). The van der Waals surface area contributed by atoms with Gasteiger partial charge in [0.2, 0.25) is 0 Å². The number of carbonyl (C=O) groups excluding carboxylic acids is 1. The van der Waals surface area contributed by atoms with Gasteiger partial charge in [-0.15, -0.1) is 0 Å². The number of para-hydroxylation sites is 1. The van der Waals surface area contributed by atoms with Crippen LogP contribution in [0.25, 0.3) is 11.0 Å². The van der Waals surface area contributed by atoms with Crippen molar-refractivity contribution in [2.24, 2.45) is 0 Å². The second kappa shape index (κ2) is 7.23. The molecule has 2 aromatic carbocycles. The van der Waals surface area contributed by atoms with Crippen molar-refractivity contribution in [3.63, 3.8) is 0 Å². The molecular weight excluding hydrogens is 344 g/mol. The van der Waals surface area contributed by atoms with Crippen molar-refractivity contribution in [2.45, 2.75) is 5.75 Å². The third kappa shape index (κ3) is 4.07. The van der Waals surface area contributed by atoms with Crippen LogP contribution >= 0.6 is 11.8 Å². The predicted octanol–water partition coefficient (Wildman–Crippen LogP) is 3.92. The van der Waals surface area contributed by atoms with Crippen molar-refractivity contribution in [1.29, 1.82) is 0 Å². The molecule has 1 aromatic heterocycles. The molecule has 7 heteroatoms. The van der Waals surface area contributed by atoms with E-state index in [1.54, 1.807) is 36.4 Å². The van der Waals surface area contributed by atoms with Gasteiger partial charge in [-0.2, -0.15) is 0 Å². The Morgan fingerprint density at radius 2 is 1.80 bits per heavy atom. The second-order valence-electron chi connectivity index (χ2n) is 5.07. The van der Waals surface area contributed by atoms with Gasteiger partial charge in [-0.25, -0.2) is 14.4 Å². The Hall–Kier alpha value is -3.06. The lowest BCUT2D eigenvalue weighted by atomic mass is 10.1. The Morgan fingerprint density at radius 3 is 2.52 bits per heavy atom. The second-order valence-corrected chi connectivity index (χ2v) is 5.98. The molecule has 0 bridgehead atoms. The molecule has 0 fully saturated rings. The molecule has 126 valence electrons. The first-order chi connectivity index (χ1) is 12.0. The molecule has 0 aliphatic carbocycles. The first kappa shape index (κ1) is 16.8. The molecule has 1 N–H and O–H groups in total. The van der Waals surface area contributed by atoms with Gasteiger partial charge in [-0.05, 0) is 41.6 Å². The molecule has 25 heavy (non-hydrogen) atoms. The predicted molar refractivity (Wildman–Crippen MR) is 93.2 cm³/mol. The highest BCUT2D eigenvalue weighted by Gasteiger charge is 2.12. The van der Waals surface area contributed by atoms with E-state index in [-0.39, 0.29) is 11.3 Å². The summed E-state index contributed by atoms with van der Waals surface area (Å²) in [6.07, 6.45) is 0. The molecule has 0 aliphatic rings. The van der Waals surface area contributed by atoms with Crippen molar-refractivity contribution in [3.8, 4) is 5.75 Å². The van der Waals surface area contributed by atoms with Crippen molar-refractivity contribution in [3.05, 3.63) is 76.1 Å². The van der Waals surface area contributed by atoms with Gasteiger partial charge in [-0.1, -0.05) is 24.3 Å². The summed E-state index contributed by atoms with van der Waals surface area (Å²) in [6.45, 7) is 0. The lowest BCUT2D eigenvalue weighted by Crippen LogP contribution is -2.05. The Bertz CT molecular complexity index is 990. The van der Waals surface area contributed by atoms with Crippen molar-refractivity contribution < 1.29 is 23.8 Å². The third-order valence-electron chi connectivity index (χ3n) is 3.36. The van der Waals surface area contributed by atoms with E-state index in [4.69, 9.17) is 14.3 Å². The Morgan fingerprint density at radius 1 is 1.08 bits per heavy atom. The molecule has 0 unspecified atom stereocenters. The van der Waals surface area contributed by atoms with Crippen LogP contribution in [0.3, 0.4) is 0 Å². The zero-order valence-electron chi connectivity index (χ0n) is 12.8. The first-order valence-electron chi connectivity index (χ1n) is 7.22. The summed E-state index contributed by atoms with van der Waals surface area (Å²) in [5, 5.41) is 8.81. The fourth-order valence-corrected chi connectivity index (χ4v) is 2.80. The molecule has 0 saturated heterocycles. The quantitative estimate of drug-likeness (QED) is 0.559. The number of rotatable bonds is 4. The maximum atomic E-state index is 12.0. The van der Waals surface area contributed by atoms with E-state index in [1.165, 1.54) is 12.1 Å². The molecule has 6 nitrogen and oxygen atoms in total. The first-order valence-corrected chi connectivity index (χ1v) is 8.21. The summed E-state index contributed by atoms with van der Waals surface area (Å²) >= 11 is 0.912. The topological polar surface area (TPSA) is 93.8 Å². The fourth-order valence-electron chi connectivity index (χ4n) is 2.17. The number of hydrogen-bond donors (Lipinski definition) is 1. The molecule has 0 aliphatic heterocycles. The average Bonchev–Trinajstić information content (AvgIpc) is 2.60. The average molecular weight is 356 g/mol. The lowest BCUT2D eigenvalue weighted by Gasteiger charge is -2.06. The van der Waals surface area contributed by atoms with Crippen LogP contribution < -0.4 is 10.4 Å². The van der Waals surface area contributed by atoms with E-state index < -0.39 is 16.9 Å². The molecule has 0 saturated carbocycles. The van der Waals surface area contributed by atoms with Gasteiger partial charge < -0.3 is 14.3 Å². The van der Waals surface area contributed by atoms with Crippen molar-refractivity contribution >= 4 is 34.0 Å². The minimum atomic E-state index is -1.01. The maximum Gasteiger partial charge on any atom is 0.373 e. The van der Waals surface area contributed by atoms with Crippen LogP contribution in [-0.4, -0.2) is 16.4 Å². The SMILES string of the molecule is O=C(Oc1cc(=O)oc2ccccc12)SCc1ccc(C(=O)O)cc1. The van der Waals surface area contributed by atoms with Crippen LogP contribution in [0.5, 0.6) is 5.75 Å². The van der Waals surface area contributed by atoms with Crippen molar-refractivity contribution in [2.75, 3.05) is 0 Å². The number of aromatic carboxylic acids is 1. The number of carbonyl (C=O) groups is 2. The normalized spacial score (nSPS) is 10.6. The Labute approximate surface area is 146 Å². The summed E-state index contributed by atoms with van der Waals surface area (Å²) in [5.41, 5.74) is 0.700. The van der Waals surface area contributed by atoms with Gasteiger partial charge in [-0.3, -0.25) is 0 Å². The number of fused-ring (bicyclic) bond motifs is 1. The minimum absolute atomic E-state index is 0.144. The van der Waals surface area contributed by atoms with Gasteiger partial charge in [0, 0.05) is 5.75 Å². The molecular formula is C18H12O6S. The summed E-state index contributed by atoms with van der Waals surface area (Å²) in [5.74, 6) is -0.544. The van der Waals surface area contributed by atoms with E-state index in [0.29, 0.717) is 16.7 Å². The van der Waals surface area contributed by atoms with E-state index in [0.717, 1.165) is 23.4 Å². The number of hydrogen-bond acceptors (Lipinski definition) is 6. The Balaban J connectivity index is 1.69. The van der Waals surface area contributed by atoms with E-state index in [1.807, 2.05) is 0 Å².